The third-order valence-electron chi connectivity index (χ3n) is 4.30. The highest BCUT2D eigenvalue weighted by Crippen LogP contribution is 2.29. The number of carbonyl (C=O) groups is 1. The van der Waals surface area contributed by atoms with Crippen LogP contribution in [0.1, 0.15) is 24.5 Å². The Bertz CT molecular complexity index is 715. The predicted molar refractivity (Wildman–Crippen MR) is 90.5 cm³/mol. The predicted octanol–water partition coefficient (Wildman–Crippen LogP) is 1.52. The summed E-state index contributed by atoms with van der Waals surface area (Å²) >= 11 is 0. The normalized spacial score (nSPS) is 21.1. The summed E-state index contributed by atoms with van der Waals surface area (Å²) in [6.07, 6.45) is 5.24. The Labute approximate surface area is 141 Å². The van der Waals surface area contributed by atoms with Gasteiger partial charge in [0.25, 0.3) is 0 Å². The molecule has 24 heavy (non-hydrogen) atoms. The van der Waals surface area contributed by atoms with E-state index in [0.717, 1.165) is 17.2 Å². The number of amides is 1. The molecule has 1 saturated heterocycles. The number of hydrogen-bond donors (Lipinski definition) is 1. The van der Waals surface area contributed by atoms with Crippen molar-refractivity contribution in [2.45, 2.75) is 26.0 Å². The number of ether oxygens (including phenoxy) is 1. The van der Waals surface area contributed by atoms with Gasteiger partial charge in [0, 0.05) is 50.1 Å². The molecule has 128 valence electrons. The highest BCUT2D eigenvalue weighted by Gasteiger charge is 2.39. The quantitative estimate of drug-likeness (QED) is 0.900. The molecule has 1 fully saturated rings. The van der Waals surface area contributed by atoms with Gasteiger partial charge in [-0.2, -0.15) is 0 Å². The van der Waals surface area contributed by atoms with Crippen molar-refractivity contribution in [3.8, 4) is 0 Å². The first kappa shape index (κ1) is 16.4. The summed E-state index contributed by atoms with van der Waals surface area (Å²) in [6.45, 7) is 5.26. The average molecular weight is 329 g/mol. The molecule has 0 saturated carbocycles. The summed E-state index contributed by atoms with van der Waals surface area (Å²) in [5.41, 5.74) is 1.94. The number of imidazole rings is 1. The maximum absolute atomic E-state index is 12.2. The number of aryl methyl sites for hydroxylation is 2. The smallest absolute Gasteiger partial charge is 0.249 e. The number of carbonyl (C=O) groups excluding carboxylic acids is 1. The first-order valence-electron chi connectivity index (χ1n) is 8.15. The number of nitrogens with one attached hydrogen (secondary N) is 1. The summed E-state index contributed by atoms with van der Waals surface area (Å²) in [5.74, 6) is 0.837. The van der Waals surface area contributed by atoms with Crippen LogP contribution in [0.25, 0.3) is 0 Å². The summed E-state index contributed by atoms with van der Waals surface area (Å²) in [4.78, 5) is 22.7. The maximum atomic E-state index is 12.2. The van der Waals surface area contributed by atoms with E-state index in [-0.39, 0.29) is 24.7 Å². The fourth-order valence-electron chi connectivity index (χ4n) is 3.09. The van der Waals surface area contributed by atoms with Gasteiger partial charge < -0.3 is 19.5 Å². The van der Waals surface area contributed by atoms with E-state index < -0.39 is 0 Å². The van der Waals surface area contributed by atoms with Gasteiger partial charge >= 0.3 is 0 Å². The van der Waals surface area contributed by atoms with Crippen LogP contribution in [-0.2, 0) is 16.6 Å². The van der Waals surface area contributed by atoms with Gasteiger partial charge in [0.15, 0.2) is 0 Å². The maximum Gasteiger partial charge on any atom is 0.249 e. The van der Waals surface area contributed by atoms with Gasteiger partial charge in [0.2, 0.25) is 5.91 Å². The van der Waals surface area contributed by atoms with Crippen LogP contribution in [-0.4, -0.2) is 51.1 Å². The zero-order valence-electron chi connectivity index (χ0n) is 14.3. The van der Waals surface area contributed by atoms with E-state index in [1.54, 1.807) is 12.4 Å². The molecule has 3 rings (SSSR count). The Balaban J connectivity index is 1.81. The molecule has 1 N–H and O–H groups in total. The van der Waals surface area contributed by atoms with Gasteiger partial charge in [0.05, 0.1) is 0 Å². The van der Waals surface area contributed by atoms with Crippen molar-refractivity contribution in [2.24, 2.45) is 7.05 Å². The number of nitrogens with zero attached hydrogens (tertiary/aromatic N) is 4. The molecule has 1 aliphatic rings. The van der Waals surface area contributed by atoms with Gasteiger partial charge in [-0.05, 0) is 26.0 Å². The lowest BCUT2D eigenvalue weighted by molar-refractivity contribution is -0.156. The lowest BCUT2D eigenvalue weighted by Gasteiger charge is -2.40. The van der Waals surface area contributed by atoms with Crippen molar-refractivity contribution in [1.82, 2.24) is 19.4 Å². The Kier molecular flexibility index (Phi) is 4.80. The lowest BCUT2D eigenvalue weighted by Crippen LogP contribution is -2.51. The van der Waals surface area contributed by atoms with Crippen LogP contribution in [0.3, 0.4) is 0 Å². The SMILES string of the molecule is CCN1C(=O)CO[C@@H](CNc2ccnc(C)c2)[C@@H]1c1nccn1C. The largest absolute Gasteiger partial charge is 0.382 e. The van der Waals surface area contributed by atoms with Crippen LogP contribution in [0.5, 0.6) is 0 Å². The van der Waals surface area contributed by atoms with E-state index >= 15 is 0 Å². The molecule has 2 aromatic rings. The minimum Gasteiger partial charge on any atom is -0.382 e. The second-order valence-corrected chi connectivity index (χ2v) is 5.94. The van der Waals surface area contributed by atoms with Gasteiger partial charge in [-0.3, -0.25) is 9.78 Å². The second-order valence-electron chi connectivity index (χ2n) is 5.94. The van der Waals surface area contributed by atoms with Crippen LogP contribution in [0.4, 0.5) is 5.69 Å². The Morgan fingerprint density at radius 2 is 2.21 bits per heavy atom. The average Bonchev–Trinajstić information content (AvgIpc) is 2.99. The van der Waals surface area contributed by atoms with Crippen molar-refractivity contribution in [1.29, 1.82) is 0 Å². The molecule has 0 unspecified atom stereocenters. The highest BCUT2D eigenvalue weighted by atomic mass is 16.5. The fraction of sp³-hybridized carbons (Fsp3) is 0.471. The van der Waals surface area contributed by atoms with Crippen LogP contribution in [0.2, 0.25) is 0 Å². The molecule has 7 nitrogen and oxygen atoms in total. The number of likely N-dealkylation sites (N-methyl/N-ethyl adjacent to an activating group) is 1. The standard InChI is InChI=1S/C17H23N5O2/c1-4-22-15(23)11-24-14(16(22)17-19-7-8-21(17)3)10-20-13-5-6-18-12(2)9-13/h5-9,14,16H,4,10-11H2,1-3H3,(H,18,20)/t14-,16+/m0/s1. The third kappa shape index (κ3) is 3.26. The number of aromatic nitrogens is 3. The van der Waals surface area contributed by atoms with E-state index in [4.69, 9.17) is 4.74 Å². The minimum atomic E-state index is -0.202. The lowest BCUT2D eigenvalue weighted by atomic mass is 10.1. The van der Waals surface area contributed by atoms with E-state index in [1.807, 2.05) is 48.7 Å². The Morgan fingerprint density at radius 3 is 2.88 bits per heavy atom. The highest BCUT2D eigenvalue weighted by molar-refractivity contribution is 5.78. The summed E-state index contributed by atoms with van der Waals surface area (Å²) < 4.78 is 7.79. The molecule has 0 aliphatic carbocycles. The number of pyridine rings is 1. The van der Waals surface area contributed by atoms with Gasteiger partial charge in [-0.15, -0.1) is 0 Å². The molecule has 0 spiro atoms. The molecule has 1 aliphatic heterocycles. The molecule has 2 aromatic heterocycles. The number of hydrogen-bond acceptors (Lipinski definition) is 5. The van der Waals surface area contributed by atoms with Crippen molar-refractivity contribution >= 4 is 11.6 Å². The van der Waals surface area contributed by atoms with Crippen LogP contribution in [0, 0.1) is 6.92 Å². The zero-order valence-corrected chi connectivity index (χ0v) is 14.3. The monoisotopic (exact) mass is 329 g/mol. The zero-order chi connectivity index (χ0) is 17.1. The molecular weight excluding hydrogens is 306 g/mol. The third-order valence-corrected chi connectivity index (χ3v) is 4.30. The van der Waals surface area contributed by atoms with Gasteiger partial charge in [-0.25, -0.2) is 4.98 Å². The molecular formula is C17H23N5O2. The van der Waals surface area contributed by atoms with E-state index in [0.29, 0.717) is 13.1 Å². The van der Waals surface area contributed by atoms with Crippen LogP contribution >= 0.6 is 0 Å². The van der Waals surface area contributed by atoms with Crippen molar-refractivity contribution < 1.29 is 9.53 Å². The number of rotatable bonds is 5. The Hall–Kier alpha value is -2.41. The molecule has 0 bridgehead atoms. The summed E-state index contributed by atoms with van der Waals surface area (Å²) in [6, 6.07) is 3.71. The molecule has 0 aromatic carbocycles. The Morgan fingerprint density at radius 1 is 1.38 bits per heavy atom. The van der Waals surface area contributed by atoms with E-state index in [2.05, 4.69) is 15.3 Å². The molecule has 1 amide bonds. The summed E-state index contributed by atoms with van der Waals surface area (Å²) in [5, 5.41) is 3.39. The molecule has 0 radical (unpaired) electrons. The van der Waals surface area contributed by atoms with Crippen molar-refractivity contribution in [2.75, 3.05) is 25.0 Å². The van der Waals surface area contributed by atoms with Gasteiger partial charge in [-0.1, -0.05) is 0 Å². The fourth-order valence-corrected chi connectivity index (χ4v) is 3.09. The first-order chi connectivity index (χ1) is 11.6. The first-order valence-corrected chi connectivity index (χ1v) is 8.15. The summed E-state index contributed by atoms with van der Waals surface area (Å²) in [7, 11) is 1.94. The van der Waals surface area contributed by atoms with Crippen LogP contribution < -0.4 is 5.32 Å². The van der Waals surface area contributed by atoms with Crippen LogP contribution in [0.15, 0.2) is 30.7 Å². The van der Waals surface area contributed by atoms with Crippen molar-refractivity contribution in [3.63, 3.8) is 0 Å². The second kappa shape index (κ2) is 7.00. The van der Waals surface area contributed by atoms with E-state index in [9.17, 15) is 4.79 Å². The molecule has 3 heterocycles. The van der Waals surface area contributed by atoms with Crippen molar-refractivity contribution in [3.05, 3.63) is 42.2 Å². The van der Waals surface area contributed by atoms with Gasteiger partial charge in [0.1, 0.15) is 24.6 Å². The molecule has 2 atom stereocenters. The van der Waals surface area contributed by atoms with E-state index in [1.165, 1.54) is 0 Å². The topological polar surface area (TPSA) is 72.3 Å². The molecule has 7 heteroatoms. The number of morpholine rings is 1. The number of anilines is 1. The minimum absolute atomic E-state index is 0.00139.